The van der Waals surface area contributed by atoms with Crippen molar-refractivity contribution in [3.05, 3.63) is 93.8 Å². The van der Waals surface area contributed by atoms with E-state index in [2.05, 4.69) is 24.9 Å². The summed E-state index contributed by atoms with van der Waals surface area (Å²) >= 11 is 6.28. The molecule has 132 valence electrons. The third-order valence-corrected chi connectivity index (χ3v) is 4.45. The molecule has 0 aromatic heterocycles. The first-order valence-electron chi connectivity index (χ1n) is 8.30. The molecule has 4 heteroatoms. The normalized spacial score (nSPS) is 11.1. The van der Waals surface area contributed by atoms with Crippen LogP contribution in [0.25, 0.3) is 0 Å². The first kappa shape index (κ1) is 18.2. The van der Waals surface area contributed by atoms with Crippen LogP contribution in [0.2, 0.25) is 5.02 Å². The van der Waals surface area contributed by atoms with Gasteiger partial charge in [-0.25, -0.2) is 4.39 Å². The van der Waals surface area contributed by atoms with E-state index >= 15 is 0 Å². The Balaban J connectivity index is 1.70. The Labute approximate surface area is 157 Å². The van der Waals surface area contributed by atoms with Crippen LogP contribution in [-0.4, -0.2) is 6.21 Å². The molecule has 0 heterocycles. The van der Waals surface area contributed by atoms with E-state index < -0.39 is 0 Å². The highest BCUT2D eigenvalue weighted by atomic mass is 35.5. The quantitative estimate of drug-likeness (QED) is 0.476. The van der Waals surface area contributed by atoms with Gasteiger partial charge in [0.15, 0.2) is 0 Å². The van der Waals surface area contributed by atoms with E-state index in [0.717, 1.165) is 11.3 Å². The molecule has 0 saturated carbocycles. The van der Waals surface area contributed by atoms with E-state index in [9.17, 15) is 4.39 Å². The Morgan fingerprint density at radius 1 is 1.00 bits per heavy atom. The zero-order valence-electron chi connectivity index (χ0n) is 14.7. The highest BCUT2D eigenvalue weighted by Crippen LogP contribution is 2.26. The maximum atomic E-state index is 13.6. The van der Waals surface area contributed by atoms with Crippen LogP contribution in [0, 0.1) is 19.7 Å². The molecule has 3 aromatic carbocycles. The van der Waals surface area contributed by atoms with Gasteiger partial charge in [0, 0.05) is 11.8 Å². The lowest BCUT2D eigenvalue weighted by molar-refractivity contribution is 0.300. The van der Waals surface area contributed by atoms with E-state index in [1.807, 2.05) is 18.2 Å². The summed E-state index contributed by atoms with van der Waals surface area (Å²) in [5, 5.41) is 0.463. The van der Waals surface area contributed by atoms with Gasteiger partial charge >= 0.3 is 0 Å². The Hall–Kier alpha value is -2.65. The van der Waals surface area contributed by atoms with Gasteiger partial charge in [-0.2, -0.15) is 0 Å². The fraction of sp³-hybridized carbons (Fsp3) is 0.136. The Kier molecular flexibility index (Phi) is 5.69. The first-order chi connectivity index (χ1) is 12.5. The predicted octanol–water partition coefficient (Wildman–Crippen LogP) is 6.43. The van der Waals surface area contributed by atoms with Gasteiger partial charge in [-0.05, 0) is 66.9 Å². The summed E-state index contributed by atoms with van der Waals surface area (Å²) in [6, 6.07) is 18.0. The molecule has 0 aliphatic carbocycles. The molecule has 26 heavy (non-hydrogen) atoms. The van der Waals surface area contributed by atoms with Crippen LogP contribution in [0.4, 0.5) is 10.1 Å². The van der Waals surface area contributed by atoms with Gasteiger partial charge in [-0.15, -0.1) is 0 Å². The molecule has 0 saturated heterocycles. The maximum Gasteiger partial charge on any atom is 0.138 e. The van der Waals surface area contributed by atoms with Gasteiger partial charge in [-0.1, -0.05) is 35.9 Å². The van der Waals surface area contributed by atoms with Gasteiger partial charge in [0.2, 0.25) is 0 Å². The molecule has 0 amide bonds. The summed E-state index contributed by atoms with van der Waals surface area (Å²) in [4.78, 5) is 4.48. The van der Waals surface area contributed by atoms with Gasteiger partial charge in [0.05, 0.1) is 10.7 Å². The molecule has 0 bridgehead atoms. The molecule has 0 radical (unpaired) electrons. The van der Waals surface area contributed by atoms with Crippen molar-refractivity contribution in [3.63, 3.8) is 0 Å². The molecular formula is C22H19ClFNO. The van der Waals surface area contributed by atoms with Gasteiger partial charge in [0.1, 0.15) is 18.2 Å². The molecule has 0 atom stereocenters. The van der Waals surface area contributed by atoms with Crippen molar-refractivity contribution in [2.45, 2.75) is 20.5 Å². The number of rotatable bonds is 5. The first-order valence-corrected chi connectivity index (χ1v) is 8.68. The van der Waals surface area contributed by atoms with Crippen LogP contribution in [0.3, 0.4) is 0 Å². The van der Waals surface area contributed by atoms with Crippen molar-refractivity contribution in [3.8, 4) is 5.75 Å². The van der Waals surface area contributed by atoms with Crippen LogP contribution in [0.5, 0.6) is 5.75 Å². The van der Waals surface area contributed by atoms with E-state index in [4.69, 9.17) is 16.3 Å². The summed E-state index contributed by atoms with van der Waals surface area (Å²) in [7, 11) is 0. The van der Waals surface area contributed by atoms with Crippen molar-refractivity contribution in [1.82, 2.24) is 0 Å². The second-order valence-electron chi connectivity index (χ2n) is 6.10. The zero-order valence-corrected chi connectivity index (χ0v) is 15.4. The van der Waals surface area contributed by atoms with E-state index in [0.29, 0.717) is 16.3 Å². The van der Waals surface area contributed by atoms with Crippen molar-refractivity contribution < 1.29 is 9.13 Å². The lowest BCUT2D eigenvalue weighted by atomic mass is 10.1. The molecule has 0 N–H and O–H groups in total. The number of nitrogens with zero attached hydrogens (tertiary/aromatic N) is 1. The van der Waals surface area contributed by atoms with Crippen LogP contribution in [0.15, 0.2) is 65.7 Å². The lowest BCUT2D eigenvalue weighted by Gasteiger charge is -2.09. The molecule has 0 fully saturated rings. The Morgan fingerprint density at radius 3 is 2.54 bits per heavy atom. The number of benzene rings is 3. The largest absolute Gasteiger partial charge is 0.487 e. The summed E-state index contributed by atoms with van der Waals surface area (Å²) in [6.45, 7) is 4.26. The minimum absolute atomic E-state index is 0.127. The van der Waals surface area contributed by atoms with Crippen molar-refractivity contribution in [2.24, 2.45) is 4.99 Å². The number of halogens is 2. The summed E-state index contributed by atoms with van der Waals surface area (Å²) < 4.78 is 19.3. The van der Waals surface area contributed by atoms with Crippen LogP contribution >= 0.6 is 11.6 Å². The minimum Gasteiger partial charge on any atom is -0.487 e. The molecule has 0 spiro atoms. The lowest BCUT2D eigenvalue weighted by Crippen LogP contribution is -1.99. The van der Waals surface area contributed by atoms with Crippen LogP contribution in [0.1, 0.15) is 22.3 Å². The number of ether oxygens (including phenoxy) is 1. The fourth-order valence-corrected chi connectivity index (χ4v) is 2.68. The molecular weight excluding hydrogens is 349 g/mol. The number of aryl methyl sites for hydroxylation is 2. The second-order valence-corrected chi connectivity index (χ2v) is 6.50. The Bertz CT molecular complexity index is 953. The predicted molar refractivity (Wildman–Crippen MR) is 105 cm³/mol. The average Bonchev–Trinajstić information content (AvgIpc) is 2.63. The fourth-order valence-electron chi connectivity index (χ4n) is 2.44. The van der Waals surface area contributed by atoms with Crippen molar-refractivity contribution >= 4 is 23.5 Å². The van der Waals surface area contributed by atoms with E-state index in [1.54, 1.807) is 36.5 Å². The zero-order chi connectivity index (χ0) is 18.5. The molecule has 3 aromatic rings. The van der Waals surface area contributed by atoms with Crippen molar-refractivity contribution in [2.75, 3.05) is 0 Å². The summed E-state index contributed by atoms with van der Waals surface area (Å²) in [6.07, 6.45) is 1.76. The third kappa shape index (κ3) is 4.50. The van der Waals surface area contributed by atoms with Crippen LogP contribution in [-0.2, 0) is 6.61 Å². The average molecular weight is 368 g/mol. The van der Waals surface area contributed by atoms with Crippen molar-refractivity contribution in [1.29, 1.82) is 0 Å². The summed E-state index contributed by atoms with van der Waals surface area (Å²) in [5.74, 6) is 0.221. The van der Waals surface area contributed by atoms with Gasteiger partial charge in [0.25, 0.3) is 0 Å². The maximum absolute atomic E-state index is 13.6. The monoisotopic (exact) mass is 367 g/mol. The third-order valence-electron chi connectivity index (χ3n) is 4.15. The molecule has 3 rings (SSSR count). The topological polar surface area (TPSA) is 21.6 Å². The number of hydrogen-bond acceptors (Lipinski definition) is 2. The van der Waals surface area contributed by atoms with Gasteiger partial charge in [-0.3, -0.25) is 4.99 Å². The van der Waals surface area contributed by atoms with Gasteiger partial charge < -0.3 is 4.74 Å². The number of hydrogen-bond donors (Lipinski definition) is 0. The van der Waals surface area contributed by atoms with E-state index in [-0.39, 0.29) is 12.4 Å². The van der Waals surface area contributed by atoms with Crippen LogP contribution < -0.4 is 4.74 Å². The summed E-state index contributed by atoms with van der Waals surface area (Å²) in [5.41, 5.74) is 4.69. The molecule has 0 aliphatic heterocycles. The van der Waals surface area contributed by atoms with E-state index in [1.165, 1.54) is 17.2 Å². The minimum atomic E-state index is -0.291. The second kappa shape index (κ2) is 8.15. The Morgan fingerprint density at radius 2 is 1.81 bits per heavy atom. The molecule has 2 nitrogen and oxygen atoms in total. The highest BCUT2D eigenvalue weighted by molar-refractivity contribution is 6.32. The highest BCUT2D eigenvalue weighted by Gasteiger charge is 2.06. The smallest absolute Gasteiger partial charge is 0.138 e. The number of aliphatic imine (C=N–C) groups is 1. The standard InChI is InChI=1S/C22H19ClFNO/c1-15-7-9-19(11-16(15)2)25-13-17-8-10-22(20(23)12-17)26-14-18-5-3-4-6-21(18)24/h3-13H,14H2,1-2H3. The SMILES string of the molecule is Cc1ccc(N=Cc2ccc(OCc3ccccc3F)c(Cl)c2)cc1C. The molecule has 0 aliphatic rings. The molecule has 0 unspecified atom stereocenters.